The van der Waals surface area contributed by atoms with E-state index in [-0.39, 0.29) is 5.41 Å². The highest BCUT2D eigenvalue weighted by molar-refractivity contribution is 5.98. The number of rotatable bonds is 2. The Labute approximate surface area is 161 Å². The zero-order valence-corrected chi connectivity index (χ0v) is 16.6. The molecule has 0 saturated carbocycles. The lowest BCUT2D eigenvalue weighted by molar-refractivity contribution is -0.104. The first-order chi connectivity index (χ1) is 12.9. The fourth-order valence-electron chi connectivity index (χ4n) is 4.75. The molecule has 2 heteroatoms. The van der Waals surface area contributed by atoms with E-state index in [1.165, 1.54) is 44.4 Å². The highest BCUT2D eigenvalue weighted by atomic mass is 16.1. The molecule has 0 atom stereocenters. The smallest absolute Gasteiger partial charge is 0.144 e. The van der Waals surface area contributed by atoms with E-state index < -0.39 is 0 Å². The average Bonchev–Trinajstić information content (AvgIpc) is 2.83. The van der Waals surface area contributed by atoms with Crippen molar-refractivity contribution in [2.45, 2.75) is 40.0 Å². The number of hydrogen-bond donors (Lipinski definition) is 0. The van der Waals surface area contributed by atoms with E-state index in [0.717, 1.165) is 12.0 Å². The predicted octanol–water partition coefficient (Wildman–Crippen LogP) is 6.28. The molecule has 0 aromatic heterocycles. The molecule has 136 valence electrons. The first-order valence-electron chi connectivity index (χ1n) is 9.42. The average molecular weight is 355 g/mol. The molecule has 1 aliphatic heterocycles. The molecule has 0 fully saturated rings. The number of benzene rings is 3. The fraction of sp³-hybridized carbons (Fsp3) is 0.240. The van der Waals surface area contributed by atoms with Crippen molar-refractivity contribution in [1.82, 2.24) is 0 Å². The summed E-state index contributed by atoms with van der Waals surface area (Å²) in [7, 11) is 0. The van der Waals surface area contributed by atoms with Gasteiger partial charge in [0, 0.05) is 11.1 Å². The lowest BCUT2D eigenvalue weighted by atomic mass is 9.81. The normalized spacial score (nSPS) is 16.8. The Morgan fingerprint density at radius 2 is 1.59 bits per heavy atom. The molecule has 1 heterocycles. The van der Waals surface area contributed by atoms with Gasteiger partial charge in [0.2, 0.25) is 0 Å². The number of aldehydes is 1. The van der Waals surface area contributed by atoms with E-state index in [0.29, 0.717) is 0 Å². The molecule has 2 nitrogen and oxygen atoms in total. The van der Waals surface area contributed by atoms with Gasteiger partial charge in [0.05, 0.1) is 11.4 Å². The summed E-state index contributed by atoms with van der Waals surface area (Å²) in [6, 6.07) is 17.3. The van der Waals surface area contributed by atoms with Crippen LogP contribution < -0.4 is 4.90 Å². The third kappa shape index (κ3) is 2.51. The molecule has 3 aromatic carbocycles. The fourth-order valence-corrected chi connectivity index (χ4v) is 4.75. The molecule has 1 aliphatic rings. The van der Waals surface area contributed by atoms with Gasteiger partial charge in [-0.3, -0.25) is 4.79 Å². The summed E-state index contributed by atoms with van der Waals surface area (Å²) >= 11 is 0. The zero-order valence-electron chi connectivity index (χ0n) is 16.6. The highest BCUT2D eigenvalue weighted by Gasteiger charge is 2.42. The SMILES string of the molecule is Cc1cc(C)c(N2/C(=C/C=O)C(C)(C)c3c2ccc2ccccc32)c(C)c1. The third-order valence-corrected chi connectivity index (χ3v) is 5.74. The minimum absolute atomic E-state index is 0.263. The van der Waals surface area contributed by atoms with E-state index in [9.17, 15) is 4.79 Å². The molecule has 0 spiro atoms. The summed E-state index contributed by atoms with van der Waals surface area (Å²) in [4.78, 5) is 13.9. The number of anilines is 2. The van der Waals surface area contributed by atoms with Gasteiger partial charge in [-0.25, -0.2) is 0 Å². The van der Waals surface area contributed by atoms with Crippen molar-refractivity contribution in [3.8, 4) is 0 Å². The molecule has 3 aromatic rings. The molecule has 0 amide bonds. The number of aryl methyl sites for hydroxylation is 3. The summed E-state index contributed by atoms with van der Waals surface area (Å²) in [5.41, 5.74) is 8.10. The Bertz CT molecular complexity index is 1080. The van der Waals surface area contributed by atoms with Crippen molar-refractivity contribution in [2.24, 2.45) is 0 Å². The maximum absolute atomic E-state index is 11.6. The molecule has 0 N–H and O–H groups in total. The van der Waals surface area contributed by atoms with Crippen LogP contribution in [0.1, 0.15) is 36.1 Å². The summed E-state index contributed by atoms with van der Waals surface area (Å²) in [5, 5.41) is 2.48. The van der Waals surface area contributed by atoms with E-state index in [4.69, 9.17) is 0 Å². The van der Waals surface area contributed by atoms with Gasteiger partial charge in [-0.15, -0.1) is 0 Å². The van der Waals surface area contributed by atoms with Gasteiger partial charge in [0.1, 0.15) is 6.29 Å². The first kappa shape index (κ1) is 17.5. The molecule has 0 radical (unpaired) electrons. The van der Waals surface area contributed by atoms with Crippen LogP contribution in [0.2, 0.25) is 0 Å². The van der Waals surface area contributed by atoms with Gasteiger partial charge in [-0.05, 0) is 60.4 Å². The molecular weight excluding hydrogens is 330 g/mol. The van der Waals surface area contributed by atoms with Gasteiger partial charge in [0.25, 0.3) is 0 Å². The van der Waals surface area contributed by atoms with Crippen molar-refractivity contribution in [1.29, 1.82) is 0 Å². The number of fused-ring (bicyclic) bond motifs is 3. The quantitative estimate of drug-likeness (QED) is 0.398. The molecular formula is C25H25NO. The standard InChI is InChI=1S/C25H25NO/c1-16-14-17(2)24(18(3)15-16)26-21-11-10-19-8-6-7-9-20(19)23(21)25(4,5)22(26)12-13-27/h6-15H,1-5H3/b22-12+. The van der Waals surface area contributed by atoms with Crippen LogP contribution in [-0.2, 0) is 10.2 Å². The second-order valence-electron chi connectivity index (χ2n) is 8.08. The number of nitrogens with zero attached hydrogens (tertiary/aromatic N) is 1. The number of allylic oxidation sites excluding steroid dienone is 2. The van der Waals surface area contributed by atoms with Crippen molar-refractivity contribution >= 4 is 28.4 Å². The summed E-state index contributed by atoms with van der Waals surface area (Å²) in [5.74, 6) is 0. The first-order valence-corrected chi connectivity index (χ1v) is 9.42. The molecule has 4 rings (SSSR count). The van der Waals surface area contributed by atoms with Gasteiger partial charge in [-0.2, -0.15) is 0 Å². The lowest BCUT2D eigenvalue weighted by Gasteiger charge is -2.29. The topological polar surface area (TPSA) is 20.3 Å². The van der Waals surface area contributed by atoms with Crippen LogP contribution in [0.25, 0.3) is 10.8 Å². The summed E-state index contributed by atoms with van der Waals surface area (Å²) in [6.45, 7) is 10.9. The molecule has 0 saturated heterocycles. The van der Waals surface area contributed by atoms with Gasteiger partial charge >= 0.3 is 0 Å². The van der Waals surface area contributed by atoms with Crippen LogP contribution in [0.3, 0.4) is 0 Å². The van der Waals surface area contributed by atoms with Crippen molar-refractivity contribution in [2.75, 3.05) is 4.90 Å². The van der Waals surface area contributed by atoms with Crippen molar-refractivity contribution in [3.05, 3.63) is 82.6 Å². The van der Waals surface area contributed by atoms with Crippen LogP contribution in [-0.4, -0.2) is 6.29 Å². The Hall–Kier alpha value is -2.87. The maximum atomic E-state index is 11.6. The van der Waals surface area contributed by atoms with Gasteiger partial charge in [-0.1, -0.05) is 61.9 Å². The van der Waals surface area contributed by atoms with E-state index >= 15 is 0 Å². The van der Waals surface area contributed by atoms with Crippen LogP contribution in [0.5, 0.6) is 0 Å². The third-order valence-electron chi connectivity index (χ3n) is 5.74. The Kier molecular flexibility index (Phi) is 3.96. The maximum Gasteiger partial charge on any atom is 0.144 e. The lowest BCUT2D eigenvalue weighted by Crippen LogP contribution is -2.24. The summed E-state index contributed by atoms with van der Waals surface area (Å²) in [6.07, 6.45) is 2.64. The highest BCUT2D eigenvalue weighted by Crippen LogP contribution is 2.54. The van der Waals surface area contributed by atoms with Crippen LogP contribution in [0.15, 0.2) is 60.3 Å². The minimum Gasteiger partial charge on any atom is -0.312 e. The van der Waals surface area contributed by atoms with Crippen molar-refractivity contribution in [3.63, 3.8) is 0 Å². The van der Waals surface area contributed by atoms with Crippen LogP contribution >= 0.6 is 0 Å². The minimum atomic E-state index is -0.263. The second kappa shape index (κ2) is 6.09. The largest absolute Gasteiger partial charge is 0.312 e. The van der Waals surface area contributed by atoms with E-state index in [1.54, 1.807) is 6.08 Å². The predicted molar refractivity (Wildman–Crippen MR) is 114 cm³/mol. The Morgan fingerprint density at radius 1 is 0.926 bits per heavy atom. The van der Waals surface area contributed by atoms with E-state index in [1.807, 2.05) is 0 Å². The zero-order chi connectivity index (χ0) is 19.3. The van der Waals surface area contributed by atoms with Gasteiger partial charge in [0.15, 0.2) is 0 Å². The summed E-state index contributed by atoms with van der Waals surface area (Å²) < 4.78 is 0. The molecule has 0 bridgehead atoms. The van der Waals surface area contributed by atoms with Crippen molar-refractivity contribution < 1.29 is 4.79 Å². The van der Waals surface area contributed by atoms with Crippen LogP contribution in [0.4, 0.5) is 11.4 Å². The number of carbonyl (C=O) groups excluding carboxylic acids is 1. The Balaban J connectivity index is 2.11. The molecule has 0 aliphatic carbocycles. The number of hydrogen-bond acceptors (Lipinski definition) is 2. The number of carbonyl (C=O) groups is 1. The van der Waals surface area contributed by atoms with E-state index in [2.05, 4.69) is 88.0 Å². The molecule has 0 unspecified atom stereocenters. The Morgan fingerprint density at radius 3 is 2.26 bits per heavy atom. The van der Waals surface area contributed by atoms with Gasteiger partial charge < -0.3 is 4.90 Å². The monoisotopic (exact) mass is 355 g/mol. The molecule has 27 heavy (non-hydrogen) atoms. The van der Waals surface area contributed by atoms with Crippen LogP contribution in [0, 0.1) is 20.8 Å². The second-order valence-corrected chi connectivity index (χ2v) is 8.08.